The first kappa shape index (κ1) is 16.4. The minimum Gasteiger partial charge on any atom is -0.323 e. The Bertz CT molecular complexity index is 867. The maximum atomic E-state index is 12.3. The first-order valence-corrected chi connectivity index (χ1v) is 8.64. The highest BCUT2D eigenvalue weighted by molar-refractivity contribution is 7.18. The lowest BCUT2D eigenvalue weighted by molar-refractivity contribution is 0.220. The summed E-state index contributed by atoms with van der Waals surface area (Å²) in [6.07, 6.45) is 3.67. The summed E-state index contributed by atoms with van der Waals surface area (Å²) in [6.45, 7) is 4.78. The third-order valence-corrected chi connectivity index (χ3v) is 4.99. The van der Waals surface area contributed by atoms with Crippen molar-refractivity contribution < 1.29 is 4.79 Å². The number of nitrogens with one attached hydrogen (secondary N) is 1. The zero-order valence-electron chi connectivity index (χ0n) is 14.3. The standard InChI is InChI=1S/C17H21N5OS/c1-11(2)16-20-14-6-5-13(7-15(14)24-16)19-17(23)21(3)9-12-8-18-22(4)10-12/h5-8,10-11H,9H2,1-4H3,(H,19,23). The summed E-state index contributed by atoms with van der Waals surface area (Å²) < 4.78 is 2.82. The number of thiazole rings is 1. The largest absolute Gasteiger partial charge is 0.323 e. The number of hydrogen-bond acceptors (Lipinski definition) is 4. The Morgan fingerprint density at radius 3 is 2.88 bits per heavy atom. The topological polar surface area (TPSA) is 63.1 Å². The zero-order valence-corrected chi connectivity index (χ0v) is 15.1. The quantitative estimate of drug-likeness (QED) is 0.783. The van der Waals surface area contributed by atoms with Gasteiger partial charge in [0.15, 0.2) is 0 Å². The predicted octanol–water partition coefficient (Wildman–Crippen LogP) is 3.82. The molecular weight excluding hydrogens is 322 g/mol. The molecule has 0 saturated carbocycles. The molecule has 3 aromatic rings. The second-order valence-corrected chi connectivity index (χ2v) is 7.26. The molecule has 3 rings (SSSR count). The summed E-state index contributed by atoms with van der Waals surface area (Å²) in [6, 6.07) is 5.68. The Morgan fingerprint density at radius 2 is 2.21 bits per heavy atom. The van der Waals surface area contributed by atoms with Gasteiger partial charge in [-0.25, -0.2) is 9.78 Å². The van der Waals surface area contributed by atoms with E-state index < -0.39 is 0 Å². The molecule has 126 valence electrons. The lowest BCUT2D eigenvalue weighted by Crippen LogP contribution is -2.30. The first-order chi connectivity index (χ1) is 11.4. The van der Waals surface area contributed by atoms with Gasteiger partial charge in [0, 0.05) is 37.5 Å². The van der Waals surface area contributed by atoms with Gasteiger partial charge in [-0.15, -0.1) is 11.3 Å². The van der Waals surface area contributed by atoms with Crippen LogP contribution in [0.15, 0.2) is 30.6 Å². The fourth-order valence-electron chi connectivity index (χ4n) is 2.39. The second kappa shape index (κ2) is 6.60. The smallest absolute Gasteiger partial charge is 0.321 e. The Hall–Kier alpha value is -2.41. The van der Waals surface area contributed by atoms with E-state index in [9.17, 15) is 4.79 Å². The SMILES string of the molecule is CC(C)c1nc2ccc(NC(=O)N(C)Cc3cnn(C)c3)cc2s1. The number of nitrogens with zero attached hydrogens (tertiary/aromatic N) is 4. The van der Waals surface area contributed by atoms with Crippen LogP contribution < -0.4 is 5.32 Å². The highest BCUT2D eigenvalue weighted by Gasteiger charge is 2.12. The van der Waals surface area contributed by atoms with E-state index in [2.05, 4.69) is 29.2 Å². The molecule has 0 fully saturated rings. The molecule has 2 heterocycles. The van der Waals surface area contributed by atoms with Crippen LogP contribution in [0.5, 0.6) is 0 Å². The van der Waals surface area contributed by atoms with Gasteiger partial charge in [-0.2, -0.15) is 5.10 Å². The first-order valence-electron chi connectivity index (χ1n) is 7.82. The van der Waals surface area contributed by atoms with Gasteiger partial charge < -0.3 is 10.2 Å². The second-order valence-electron chi connectivity index (χ2n) is 6.20. The number of fused-ring (bicyclic) bond motifs is 1. The van der Waals surface area contributed by atoms with E-state index in [1.54, 1.807) is 34.2 Å². The number of aryl methyl sites for hydroxylation is 1. The zero-order chi connectivity index (χ0) is 17.3. The number of carbonyl (C=O) groups excluding carboxylic acids is 1. The van der Waals surface area contributed by atoms with Crippen LogP contribution in [-0.4, -0.2) is 32.7 Å². The summed E-state index contributed by atoms with van der Waals surface area (Å²) in [5, 5.41) is 8.17. The van der Waals surface area contributed by atoms with E-state index in [4.69, 9.17) is 0 Å². The van der Waals surface area contributed by atoms with Crippen LogP contribution in [0.1, 0.15) is 30.3 Å². The van der Waals surface area contributed by atoms with Crippen molar-refractivity contribution in [2.75, 3.05) is 12.4 Å². The molecule has 24 heavy (non-hydrogen) atoms. The average molecular weight is 343 g/mol. The third kappa shape index (κ3) is 3.56. The molecule has 7 heteroatoms. The highest BCUT2D eigenvalue weighted by atomic mass is 32.1. The molecule has 0 saturated heterocycles. The fraction of sp³-hybridized carbons (Fsp3) is 0.353. The van der Waals surface area contributed by atoms with E-state index in [-0.39, 0.29) is 6.03 Å². The van der Waals surface area contributed by atoms with Crippen molar-refractivity contribution in [2.45, 2.75) is 26.3 Å². The monoisotopic (exact) mass is 343 g/mol. The fourth-order valence-corrected chi connectivity index (χ4v) is 3.39. The molecular formula is C17H21N5OS. The van der Waals surface area contributed by atoms with E-state index in [1.807, 2.05) is 31.4 Å². The van der Waals surface area contributed by atoms with Gasteiger partial charge in [-0.05, 0) is 18.2 Å². The molecule has 0 aliphatic heterocycles. The van der Waals surface area contributed by atoms with E-state index in [1.165, 1.54) is 0 Å². The summed E-state index contributed by atoms with van der Waals surface area (Å²) in [5.41, 5.74) is 2.75. The van der Waals surface area contributed by atoms with Crippen LogP contribution in [0.3, 0.4) is 0 Å². The number of hydrogen-bond donors (Lipinski definition) is 1. The van der Waals surface area contributed by atoms with E-state index >= 15 is 0 Å². The van der Waals surface area contributed by atoms with Gasteiger partial charge in [-0.3, -0.25) is 4.68 Å². The number of anilines is 1. The molecule has 1 N–H and O–H groups in total. The lowest BCUT2D eigenvalue weighted by Gasteiger charge is -2.17. The number of rotatable bonds is 4. The number of aromatic nitrogens is 3. The molecule has 1 aromatic carbocycles. The molecule has 6 nitrogen and oxygen atoms in total. The predicted molar refractivity (Wildman–Crippen MR) is 97.4 cm³/mol. The molecule has 0 unspecified atom stereocenters. The third-order valence-electron chi connectivity index (χ3n) is 3.67. The molecule has 2 aromatic heterocycles. The Balaban J connectivity index is 1.70. The van der Waals surface area contributed by atoms with Crippen molar-refractivity contribution in [2.24, 2.45) is 7.05 Å². The lowest BCUT2D eigenvalue weighted by atomic mass is 10.2. The normalized spacial score (nSPS) is 11.2. The molecule has 0 spiro atoms. The summed E-state index contributed by atoms with van der Waals surface area (Å²) >= 11 is 1.67. The van der Waals surface area contributed by atoms with Crippen LogP contribution in [0.2, 0.25) is 0 Å². The average Bonchev–Trinajstić information content (AvgIpc) is 3.12. The number of urea groups is 1. The van der Waals surface area contributed by atoms with E-state index in [0.717, 1.165) is 26.5 Å². The van der Waals surface area contributed by atoms with Crippen molar-refractivity contribution >= 4 is 33.3 Å². The Kier molecular flexibility index (Phi) is 4.53. The van der Waals surface area contributed by atoms with Crippen LogP contribution in [0.25, 0.3) is 10.2 Å². The summed E-state index contributed by atoms with van der Waals surface area (Å²) in [7, 11) is 3.63. The van der Waals surface area contributed by atoms with E-state index in [0.29, 0.717) is 12.5 Å². The van der Waals surface area contributed by atoms with Crippen LogP contribution in [0.4, 0.5) is 10.5 Å². The van der Waals surface area contributed by atoms with Crippen LogP contribution in [-0.2, 0) is 13.6 Å². The Morgan fingerprint density at radius 1 is 1.42 bits per heavy atom. The van der Waals surface area contributed by atoms with Gasteiger partial charge in [-0.1, -0.05) is 13.8 Å². The molecule has 0 radical (unpaired) electrons. The molecule has 0 bridgehead atoms. The van der Waals surface area contributed by atoms with Crippen molar-refractivity contribution in [3.05, 3.63) is 41.2 Å². The van der Waals surface area contributed by atoms with Crippen molar-refractivity contribution in [1.29, 1.82) is 0 Å². The van der Waals surface area contributed by atoms with Gasteiger partial charge in [0.05, 0.1) is 28.0 Å². The number of amides is 2. The molecule has 0 atom stereocenters. The maximum absolute atomic E-state index is 12.3. The molecule has 2 amide bonds. The Labute approximate surface area is 145 Å². The van der Waals surface area contributed by atoms with Crippen LogP contribution >= 0.6 is 11.3 Å². The van der Waals surface area contributed by atoms with Gasteiger partial charge in [0.2, 0.25) is 0 Å². The van der Waals surface area contributed by atoms with Gasteiger partial charge in [0.25, 0.3) is 0 Å². The van der Waals surface area contributed by atoms with Gasteiger partial charge >= 0.3 is 6.03 Å². The minimum absolute atomic E-state index is 0.146. The minimum atomic E-state index is -0.146. The van der Waals surface area contributed by atoms with Crippen LogP contribution in [0, 0.1) is 0 Å². The van der Waals surface area contributed by atoms with Crippen molar-refractivity contribution in [3.8, 4) is 0 Å². The van der Waals surface area contributed by atoms with Gasteiger partial charge in [0.1, 0.15) is 0 Å². The highest BCUT2D eigenvalue weighted by Crippen LogP contribution is 2.29. The maximum Gasteiger partial charge on any atom is 0.321 e. The summed E-state index contributed by atoms with van der Waals surface area (Å²) in [4.78, 5) is 18.6. The number of carbonyl (C=O) groups is 1. The van der Waals surface area contributed by atoms with Crippen molar-refractivity contribution in [1.82, 2.24) is 19.7 Å². The number of benzene rings is 1. The summed E-state index contributed by atoms with van der Waals surface area (Å²) in [5.74, 6) is 0.408. The van der Waals surface area contributed by atoms with Crippen molar-refractivity contribution in [3.63, 3.8) is 0 Å². The molecule has 0 aliphatic carbocycles. The molecule has 0 aliphatic rings.